The van der Waals surface area contributed by atoms with Gasteiger partial charge in [-0.15, -0.1) is 0 Å². The Morgan fingerprint density at radius 3 is 3.04 bits per heavy atom. The van der Waals surface area contributed by atoms with Crippen LogP contribution in [0, 0.1) is 5.92 Å². The van der Waals surface area contributed by atoms with E-state index >= 15 is 0 Å². The van der Waals surface area contributed by atoms with E-state index in [0.29, 0.717) is 11.6 Å². The van der Waals surface area contributed by atoms with E-state index in [-0.39, 0.29) is 12.1 Å². The molecule has 134 valence electrons. The molecular formula is C20H27N3O2. The summed E-state index contributed by atoms with van der Waals surface area (Å²) in [5, 5.41) is 4.66. The molecule has 0 amide bonds. The molecule has 2 aliphatic carbocycles. The number of nitrogens with one attached hydrogen (secondary N) is 2. The van der Waals surface area contributed by atoms with Gasteiger partial charge in [0.2, 0.25) is 0 Å². The number of hydrogen-bond donors (Lipinski definition) is 2. The normalized spacial score (nSPS) is 23.6. The van der Waals surface area contributed by atoms with Gasteiger partial charge in [-0.05, 0) is 37.7 Å². The van der Waals surface area contributed by atoms with Gasteiger partial charge in [0.15, 0.2) is 0 Å². The molecule has 2 aromatic rings. The van der Waals surface area contributed by atoms with E-state index in [0.717, 1.165) is 41.9 Å². The number of carbonyl (C=O) groups is 1. The van der Waals surface area contributed by atoms with Crippen LogP contribution in [0.4, 0.5) is 5.69 Å². The van der Waals surface area contributed by atoms with Crippen LogP contribution in [0.1, 0.15) is 68.6 Å². The van der Waals surface area contributed by atoms with Gasteiger partial charge >= 0.3 is 5.97 Å². The second-order valence-electron chi connectivity index (χ2n) is 7.55. The summed E-state index contributed by atoms with van der Waals surface area (Å²) in [7, 11) is 0. The molecule has 2 aliphatic rings. The Kier molecular flexibility index (Phi) is 4.64. The zero-order chi connectivity index (χ0) is 17.2. The van der Waals surface area contributed by atoms with Crippen LogP contribution in [0.3, 0.4) is 0 Å². The molecule has 2 saturated carbocycles. The number of ether oxygens (including phenoxy) is 1. The van der Waals surface area contributed by atoms with E-state index in [1.54, 1.807) is 6.20 Å². The van der Waals surface area contributed by atoms with Crippen molar-refractivity contribution in [3.63, 3.8) is 0 Å². The minimum Gasteiger partial charge on any atom is -0.459 e. The first kappa shape index (κ1) is 16.4. The number of nitrogens with zero attached hydrogens (tertiary/aromatic N) is 1. The van der Waals surface area contributed by atoms with Crippen molar-refractivity contribution in [2.24, 2.45) is 5.92 Å². The van der Waals surface area contributed by atoms with Gasteiger partial charge in [0.1, 0.15) is 17.3 Å². The largest absolute Gasteiger partial charge is 0.459 e. The Morgan fingerprint density at radius 2 is 2.24 bits per heavy atom. The van der Waals surface area contributed by atoms with Gasteiger partial charge in [0, 0.05) is 23.8 Å². The first-order valence-electron chi connectivity index (χ1n) is 9.68. The number of esters is 1. The molecule has 0 aromatic carbocycles. The maximum Gasteiger partial charge on any atom is 0.342 e. The van der Waals surface area contributed by atoms with Gasteiger partial charge in [-0.25, -0.2) is 9.78 Å². The van der Waals surface area contributed by atoms with Crippen molar-refractivity contribution in [1.29, 1.82) is 0 Å². The number of rotatable bonds is 6. The summed E-state index contributed by atoms with van der Waals surface area (Å²) in [5.74, 6) is 0.545. The minimum absolute atomic E-state index is 0.103. The van der Waals surface area contributed by atoms with Crippen molar-refractivity contribution >= 4 is 22.7 Å². The molecule has 25 heavy (non-hydrogen) atoms. The lowest BCUT2D eigenvalue weighted by atomic mass is 9.83. The molecule has 2 aromatic heterocycles. The quantitative estimate of drug-likeness (QED) is 0.750. The van der Waals surface area contributed by atoms with Gasteiger partial charge in [-0.2, -0.15) is 0 Å². The Morgan fingerprint density at radius 1 is 1.36 bits per heavy atom. The van der Waals surface area contributed by atoms with Crippen LogP contribution in [0.15, 0.2) is 18.5 Å². The molecule has 0 spiro atoms. The molecule has 5 nitrogen and oxygen atoms in total. The fourth-order valence-electron chi connectivity index (χ4n) is 4.02. The number of anilines is 1. The van der Waals surface area contributed by atoms with Crippen molar-refractivity contribution in [2.75, 3.05) is 5.32 Å². The Balaban J connectivity index is 1.59. The number of H-pyrrole nitrogens is 1. The summed E-state index contributed by atoms with van der Waals surface area (Å²) >= 11 is 0. The fourth-order valence-corrected chi connectivity index (χ4v) is 4.02. The van der Waals surface area contributed by atoms with Crippen molar-refractivity contribution in [3.05, 3.63) is 24.0 Å². The average Bonchev–Trinajstić information content (AvgIpc) is 3.28. The highest BCUT2D eigenvalue weighted by Gasteiger charge is 2.29. The zero-order valence-corrected chi connectivity index (χ0v) is 14.9. The van der Waals surface area contributed by atoms with Crippen molar-refractivity contribution < 1.29 is 9.53 Å². The smallest absolute Gasteiger partial charge is 0.342 e. The third-order valence-electron chi connectivity index (χ3n) is 5.43. The number of aromatic nitrogens is 2. The van der Waals surface area contributed by atoms with Crippen LogP contribution < -0.4 is 5.32 Å². The zero-order valence-electron chi connectivity index (χ0n) is 14.9. The van der Waals surface area contributed by atoms with Crippen molar-refractivity contribution in [1.82, 2.24) is 9.97 Å². The molecule has 2 heterocycles. The van der Waals surface area contributed by atoms with Crippen LogP contribution in [0.2, 0.25) is 0 Å². The fraction of sp³-hybridized carbons (Fsp3) is 0.600. The number of fused-ring (bicyclic) bond motifs is 1. The molecule has 0 aliphatic heterocycles. The molecule has 4 rings (SSSR count). The molecular weight excluding hydrogens is 314 g/mol. The van der Waals surface area contributed by atoms with Crippen LogP contribution in [-0.4, -0.2) is 28.1 Å². The van der Waals surface area contributed by atoms with Crippen LogP contribution >= 0.6 is 0 Å². The van der Waals surface area contributed by atoms with E-state index < -0.39 is 0 Å². The minimum atomic E-state index is -0.249. The Hall–Kier alpha value is -2.04. The third-order valence-corrected chi connectivity index (χ3v) is 5.43. The molecule has 2 fully saturated rings. The van der Waals surface area contributed by atoms with Gasteiger partial charge < -0.3 is 15.0 Å². The summed E-state index contributed by atoms with van der Waals surface area (Å²) in [5.41, 5.74) is 2.27. The lowest BCUT2D eigenvalue weighted by Crippen LogP contribution is -2.28. The van der Waals surface area contributed by atoms with Crippen molar-refractivity contribution in [3.8, 4) is 0 Å². The summed E-state index contributed by atoms with van der Waals surface area (Å²) in [4.78, 5) is 20.1. The summed E-state index contributed by atoms with van der Waals surface area (Å²) < 4.78 is 5.53. The van der Waals surface area contributed by atoms with E-state index in [2.05, 4.69) is 22.2 Å². The molecule has 0 bridgehead atoms. The van der Waals surface area contributed by atoms with E-state index in [1.165, 1.54) is 32.1 Å². The molecule has 0 unspecified atom stereocenters. The van der Waals surface area contributed by atoms with Crippen LogP contribution in [-0.2, 0) is 4.74 Å². The van der Waals surface area contributed by atoms with E-state index in [1.807, 2.05) is 12.3 Å². The monoisotopic (exact) mass is 341 g/mol. The second kappa shape index (κ2) is 7.06. The summed E-state index contributed by atoms with van der Waals surface area (Å²) in [6.07, 6.45) is 13.1. The SMILES string of the molecule is CCC[C@@H]1CCC[C@H](Nc2c(C(=O)OC3CC3)cnc3[nH]ccc23)C1. The lowest BCUT2D eigenvalue weighted by Gasteiger charge is -2.31. The van der Waals surface area contributed by atoms with Gasteiger partial charge in [-0.1, -0.05) is 32.6 Å². The predicted molar refractivity (Wildman–Crippen MR) is 98.8 cm³/mol. The second-order valence-corrected chi connectivity index (χ2v) is 7.55. The highest BCUT2D eigenvalue weighted by Crippen LogP contribution is 2.34. The summed E-state index contributed by atoms with van der Waals surface area (Å²) in [6.45, 7) is 2.26. The number of hydrogen-bond acceptors (Lipinski definition) is 4. The standard InChI is InChI=1S/C20H27N3O2/c1-2-4-13-5-3-6-14(11-13)23-18-16-9-10-21-19(16)22-12-17(18)20(24)25-15-7-8-15/h9-10,12-15H,2-8,11H2,1H3,(H2,21,22,23)/t13-,14+/m1/s1. The Labute approximate surface area is 148 Å². The van der Waals surface area contributed by atoms with Gasteiger partial charge in [0.05, 0.1) is 5.69 Å². The number of aromatic amines is 1. The van der Waals surface area contributed by atoms with E-state index in [9.17, 15) is 4.79 Å². The highest BCUT2D eigenvalue weighted by molar-refractivity contribution is 6.04. The van der Waals surface area contributed by atoms with Gasteiger partial charge in [0.25, 0.3) is 0 Å². The van der Waals surface area contributed by atoms with Gasteiger partial charge in [-0.3, -0.25) is 0 Å². The average molecular weight is 341 g/mol. The van der Waals surface area contributed by atoms with Crippen LogP contribution in [0.25, 0.3) is 11.0 Å². The topological polar surface area (TPSA) is 67.0 Å². The summed E-state index contributed by atoms with van der Waals surface area (Å²) in [6, 6.07) is 2.41. The van der Waals surface area contributed by atoms with Crippen LogP contribution in [0.5, 0.6) is 0 Å². The highest BCUT2D eigenvalue weighted by atomic mass is 16.5. The van der Waals surface area contributed by atoms with Crippen molar-refractivity contribution in [2.45, 2.75) is 70.4 Å². The lowest BCUT2D eigenvalue weighted by molar-refractivity contribution is 0.0473. The number of pyridine rings is 1. The molecule has 5 heteroatoms. The first-order chi connectivity index (χ1) is 12.2. The molecule has 2 atom stereocenters. The maximum absolute atomic E-state index is 12.6. The number of carbonyl (C=O) groups excluding carboxylic acids is 1. The predicted octanol–water partition coefficient (Wildman–Crippen LogP) is 4.65. The third kappa shape index (κ3) is 3.65. The first-order valence-corrected chi connectivity index (χ1v) is 9.68. The molecule has 2 N–H and O–H groups in total. The molecule has 0 saturated heterocycles. The maximum atomic E-state index is 12.6. The molecule has 0 radical (unpaired) electrons. The Bertz CT molecular complexity index is 748. The van der Waals surface area contributed by atoms with E-state index in [4.69, 9.17) is 4.74 Å².